The Morgan fingerprint density at radius 2 is 1.80 bits per heavy atom. The largest absolute Gasteiger partial charge is 0.396 e. The zero-order valence-corrected chi connectivity index (χ0v) is 9.80. The number of aliphatic hydroxyl groups excluding tert-OH is 1. The second-order valence-corrected chi connectivity index (χ2v) is 5.65. The Bertz CT molecular complexity index is 183. The summed E-state index contributed by atoms with van der Waals surface area (Å²) in [5, 5.41) is 13.1. The van der Waals surface area contributed by atoms with Crippen LogP contribution < -0.4 is 5.32 Å². The van der Waals surface area contributed by atoms with Crippen LogP contribution in [-0.4, -0.2) is 24.8 Å². The molecule has 0 aromatic rings. The molecule has 15 heavy (non-hydrogen) atoms. The molecule has 0 unspecified atom stereocenters. The number of hydrogen-bond donors (Lipinski definition) is 2. The van der Waals surface area contributed by atoms with Gasteiger partial charge in [-0.2, -0.15) is 0 Å². The predicted octanol–water partition coefficient (Wildman–Crippen LogP) is 2.32. The molecule has 0 atom stereocenters. The highest BCUT2D eigenvalue weighted by Crippen LogP contribution is 2.35. The highest BCUT2D eigenvalue weighted by Gasteiger charge is 2.31. The number of aliphatic hydroxyl groups is 1. The van der Waals surface area contributed by atoms with Gasteiger partial charge in [-0.15, -0.1) is 0 Å². The van der Waals surface area contributed by atoms with Crippen molar-refractivity contribution in [2.45, 2.75) is 51.4 Å². The Labute approximate surface area is 93.5 Å². The van der Waals surface area contributed by atoms with Gasteiger partial charge in [-0.3, -0.25) is 0 Å². The van der Waals surface area contributed by atoms with E-state index in [0.717, 1.165) is 12.5 Å². The summed E-state index contributed by atoms with van der Waals surface area (Å²) in [5.74, 6) is 0.935. The fourth-order valence-corrected chi connectivity index (χ4v) is 2.93. The summed E-state index contributed by atoms with van der Waals surface area (Å²) in [7, 11) is 0. The summed E-state index contributed by atoms with van der Waals surface area (Å²) in [6, 6.07) is 0. The summed E-state index contributed by atoms with van der Waals surface area (Å²) < 4.78 is 0. The van der Waals surface area contributed by atoms with Gasteiger partial charge in [0.05, 0.1) is 0 Å². The van der Waals surface area contributed by atoms with Crippen LogP contribution in [-0.2, 0) is 0 Å². The van der Waals surface area contributed by atoms with Crippen molar-refractivity contribution in [1.82, 2.24) is 5.32 Å². The average Bonchev–Trinajstić information content (AvgIpc) is 2.23. The lowest BCUT2D eigenvalue weighted by Gasteiger charge is -2.37. The zero-order chi connectivity index (χ0) is 10.6. The SMILES string of the molecule is OCC1(CNCC2CCC2)CCCCC1. The van der Waals surface area contributed by atoms with Gasteiger partial charge in [-0.1, -0.05) is 25.7 Å². The van der Waals surface area contributed by atoms with Crippen molar-refractivity contribution in [2.75, 3.05) is 19.7 Å². The van der Waals surface area contributed by atoms with Gasteiger partial charge in [0.1, 0.15) is 0 Å². The Morgan fingerprint density at radius 1 is 1.07 bits per heavy atom. The second kappa shape index (κ2) is 5.31. The van der Waals surface area contributed by atoms with Crippen LogP contribution in [0.1, 0.15) is 51.4 Å². The summed E-state index contributed by atoms with van der Waals surface area (Å²) >= 11 is 0. The zero-order valence-electron chi connectivity index (χ0n) is 9.80. The minimum atomic E-state index is 0.224. The molecular weight excluding hydrogens is 186 g/mol. The number of rotatable bonds is 5. The van der Waals surface area contributed by atoms with Crippen molar-refractivity contribution >= 4 is 0 Å². The molecule has 2 aliphatic rings. The summed E-state index contributed by atoms with van der Waals surface area (Å²) in [6.07, 6.45) is 10.7. The van der Waals surface area contributed by atoms with Gasteiger partial charge in [0.2, 0.25) is 0 Å². The molecule has 0 aromatic heterocycles. The fraction of sp³-hybridized carbons (Fsp3) is 1.00. The maximum atomic E-state index is 9.54. The third-order valence-corrected chi connectivity index (χ3v) is 4.41. The van der Waals surface area contributed by atoms with E-state index in [1.807, 2.05) is 0 Å². The lowest BCUT2D eigenvalue weighted by atomic mass is 9.74. The molecule has 2 fully saturated rings. The second-order valence-electron chi connectivity index (χ2n) is 5.65. The average molecular weight is 211 g/mol. The number of nitrogens with one attached hydrogen (secondary N) is 1. The molecule has 0 aliphatic heterocycles. The Morgan fingerprint density at radius 3 is 2.33 bits per heavy atom. The lowest BCUT2D eigenvalue weighted by Crippen LogP contribution is -2.41. The molecule has 0 saturated heterocycles. The first-order valence-corrected chi connectivity index (χ1v) is 6.66. The third-order valence-electron chi connectivity index (χ3n) is 4.41. The van der Waals surface area contributed by atoms with Crippen LogP contribution in [0.2, 0.25) is 0 Å². The number of hydrogen-bond acceptors (Lipinski definition) is 2. The predicted molar refractivity (Wildman–Crippen MR) is 62.8 cm³/mol. The van der Waals surface area contributed by atoms with Gasteiger partial charge in [0, 0.05) is 18.6 Å². The van der Waals surface area contributed by atoms with E-state index in [2.05, 4.69) is 5.32 Å². The molecule has 2 aliphatic carbocycles. The normalized spacial score (nSPS) is 26.2. The van der Waals surface area contributed by atoms with Crippen molar-refractivity contribution in [3.05, 3.63) is 0 Å². The smallest absolute Gasteiger partial charge is 0.0499 e. The molecule has 2 N–H and O–H groups in total. The molecule has 0 aromatic carbocycles. The lowest BCUT2D eigenvalue weighted by molar-refractivity contribution is 0.0790. The minimum absolute atomic E-state index is 0.224. The van der Waals surface area contributed by atoms with Gasteiger partial charge < -0.3 is 10.4 Å². The summed E-state index contributed by atoms with van der Waals surface area (Å²) in [6.45, 7) is 2.60. The van der Waals surface area contributed by atoms with Crippen molar-refractivity contribution < 1.29 is 5.11 Å². The van der Waals surface area contributed by atoms with Crippen LogP contribution >= 0.6 is 0 Å². The molecule has 0 radical (unpaired) electrons. The van der Waals surface area contributed by atoms with Gasteiger partial charge in [-0.25, -0.2) is 0 Å². The van der Waals surface area contributed by atoms with Crippen LogP contribution in [0.4, 0.5) is 0 Å². The third kappa shape index (κ3) is 2.94. The van der Waals surface area contributed by atoms with Crippen LogP contribution in [0, 0.1) is 11.3 Å². The molecule has 2 heteroatoms. The van der Waals surface area contributed by atoms with Crippen LogP contribution in [0.25, 0.3) is 0 Å². The van der Waals surface area contributed by atoms with Crippen molar-refractivity contribution in [2.24, 2.45) is 11.3 Å². The summed E-state index contributed by atoms with van der Waals surface area (Å²) in [5.41, 5.74) is 0.224. The van der Waals surface area contributed by atoms with Crippen molar-refractivity contribution in [3.8, 4) is 0 Å². The first-order chi connectivity index (χ1) is 7.35. The van der Waals surface area contributed by atoms with Crippen LogP contribution in [0.15, 0.2) is 0 Å². The van der Waals surface area contributed by atoms with E-state index in [4.69, 9.17) is 0 Å². The quantitative estimate of drug-likeness (QED) is 0.731. The molecule has 0 amide bonds. The van der Waals surface area contributed by atoms with E-state index >= 15 is 0 Å². The maximum absolute atomic E-state index is 9.54. The van der Waals surface area contributed by atoms with E-state index in [-0.39, 0.29) is 5.41 Å². The molecule has 2 saturated carbocycles. The fourth-order valence-electron chi connectivity index (χ4n) is 2.93. The monoisotopic (exact) mass is 211 g/mol. The van der Waals surface area contributed by atoms with Crippen molar-refractivity contribution in [3.63, 3.8) is 0 Å². The maximum Gasteiger partial charge on any atom is 0.0499 e. The Balaban J connectivity index is 1.69. The summed E-state index contributed by atoms with van der Waals surface area (Å²) in [4.78, 5) is 0. The highest BCUT2D eigenvalue weighted by atomic mass is 16.3. The molecular formula is C13H25NO. The van der Waals surface area contributed by atoms with E-state index in [1.165, 1.54) is 57.9 Å². The van der Waals surface area contributed by atoms with E-state index in [0.29, 0.717) is 6.61 Å². The van der Waals surface area contributed by atoms with E-state index in [9.17, 15) is 5.11 Å². The van der Waals surface area contributed by atoms with Gasteiger partial charge in [-0.05, 0) is 38.1 Å². The molecule has 2 rings (SSSR count). The topological polar surface area (TPSA) is 32.3 Å². The van der Waals surface area contributed by atoms with E-state index in [1.54, 1.807) is 0 Å². The van der Waals surface area contributed by atoms with Gasteiger partial charge in [0.15, 0.2) is 0 Å². The first kappa shape index (κ1) is 11.4. The Kier molecular flexibility index (Phi) is 4.04. The van der Waals surface area contributed by atoms with Crippen molar-refractivity contribution in [1.29, 1.82) is 0 Å². The Hall–Kier alpha value is -0.0800. The minimum Gasteiger partial charge on any atom is -0.396 e. The van der Waals surface area contributed by atoms with E-state index < -0.39 is 0 Å². The van der Waals surface area contributed by atoms with Crippen LogP contribution in [0.3, 0.4) is 0 Å². The highest BCUT2D eigenvalue weighted by molar-refractivity contribution is 4.85. The molecule has 0 spiro atoms. The molecule has 0 heterocycles. The van der Waals surface area contributed by atoms with Crippen LogP contribution in [0.5, 0.6) is 0 Å². The standard InChI is InChI=1S/C13H25NO/c15-11-13(7-2-1-3-8-13)10-14-9-12-5-4-6-12/h12,14-15H,1-11H2. The van der Waals surface area contributed by atoms with Gasteiger partial charge >= 0.3 is 0 Å². The molecule has 2 nitrogen and oxygen atoms in total. The molecule has 0 bridgehead atoms. The molecule has 88 valence electrons. The first-order valence-electron chi connectivity index (χ1n) is 6.66. The van der Waals surface area contributed by atoms with Gasteiger partial charge in [0.25, 0.3) is 0 Å².